The van der Waals surface area contributed by atoms with Gasteiger partial charge in [-0.3, -0.25) is 4.79 Å². The van der Waals surface area contributed by atoms with E-state index in [-0.39, 0.29) is 5.97 Å². The van der Waals surface area contributed by atoms with E-state index in [0.29, 0.717) is 13.0 Å². The predicted octanol–water partition coefficient (Wildman–Crippen LogP) is 1.69. The highest BCUT2D eigenvalue weighted by molar-refractivity contribution is 5.72. The Kier molecular flexibility index (Phi) is 2.91. The van der Waals surface area contributed by atoms with Crippen LogP contribution in [0.3, 0.4) is 0 Å². The fourth-order valence-electron chi connectivity index (χ4n) is 0.969. The summed E-state index contributed by atoms with van der Waals surface area (Å²) in [6.07, 6.45) is 1.87. The van der Waals surface area contributed by atoms with Gasteiger partial charge >= 0.3 is 5.97 Å². The van der Waals surface area contributed by atoms with Gasteiger partial charge in [0.25, 0.3) is 0 Å². The molecule has 0 amide bonds. The van der Waals surface area contributed by atoms with E-state index < -0.39 is 0 Å². The van der Waals surface area contributed by atoms with E-state index in [4.69, 9.17) is 9.15 Å². The number of rotatable bonds is 3. The fourth-order valence-corrected chi connectivity index (χ4v) is 0.969. The van der Waals surface area contributed by atoms with Crippen LogP contribution in [0.15, 0.2) is 16.7 Å². The van der Waals surface area contributed by atoms with Gasteiger partial charge < -0.3 is 9.15 Å². The predicted molar refractivity (Wildman–Crippen MR) is 43.8 cm³/mol. The van der Waals surface area contributed by atoms with Crippen molar-refractivity contribution >= 4 is 5.97 Å². The molecule has 0 unspecified atom stereocenters. The zero-order valence-electron chi connectivity index (χ0n) is 7.29. The van der Waals surface area contributed by atoms with Crippen molar-refractivity contribution in [3.05, 3.63) is 23.7 Å². The standard InChI is InChI=1S/C9H12O3/c1-3-11-9(10)5-8-4-7(2)12-6-8/h4,6H,3,5H2,1-2H3. The van der Waals surface area contributed by atoms with E-state index in [0.717, 1.165) is 11.3 Å². The molecular weight excluding hydrogens is 156 g/mol. The fraction of sp³-hybridized carbons (Fsp3) is 0.444. The molecular formula is C9H12O3. The third-order valence-corrected chi connectivity index (χ3v) is 1.44. The first-order valence-corrected chi connectivity index (χ1v) is 3.92. The normalized spacial score (nSPS) is 9.83. The minimum absolute atomic E-state index is 0.210. The summed E-state index contributed by atoms with van der Waals surface area (Å²) in [4.78, 5) is 11.0. The molecule has 1 aromatic rings. The van der Waals surface area contributed by atoms with Crippen molar-refractivity contribution in [1.82, 2.24) is 0 Å². The lowest BCUT2D eigenvalue weighted by atomic mass is 10.2. The smallest absolute Gasteiger partial charge is 0.310 e. The first-order chi connectivity index (χ1) is 5.72. The summed E-state index contributed by atoms with van der Waals surface area (Å²) >= 11 is 0. The molecule has 0 saturated carbocycles. The largest absolute Gasteiger partial charge is 0.469 e. The highest BCUT2D eigenvalue weighted by Crippen LogP contribution is 2.07. The Balaban J connectivity index is 2.46. The summed E-state index contributed by atoms with van der Waals surface area (Å²) in [6, 6.07) is 1.83. The summed E-state index contributed by atoms with van der Waals surface area (Å²) < 4.78 is 9.81. The van der Waals surface area contributed by atoms with Gasteiger partial charge in [-0.25, -0.2) is 0 Å². The maximum absolute atomic E-state index is 11.0. The summed E-state index contributed by atoms with van der Waals surface area (Å²) in [6.45, 7) is 4.06. The number of esters is 1. The molecule has 0 aromatic carbocycles. The molecule has 0 bridgehead atoms. The quantitative estimate of drug-likeness (QED) is 0.645. The third kappa shape index (κ3) is 2.42. The minimum Gasteiger partial charge on any atom is -0.469 e. The van der Waals surface area contributed by atoms with Gasteiger partial charge in [-0.15, -0.1) is 0 Å². The lowest BCUT2D eigenvalue weighted by molar-refractivity contribution is -0.142. The highest BCUT2D eigenvalue weighted by Gasteiger charge is 2.05. The van der Waals surface area contributed by atoms with Gasteiger partial charge in [-0.2, -0.15) is 0 Å². The molecule has 0 N–H and O–H groups in total. The van der Waals surface area contributed by atoms with Crippen molar-refractivity contribution in [3.63, 3.8) is 0 Å². The molecule has 0 aliphatic heterocycles. The van der Waals surface area contributed by atoms with Crippen molar-refractivity contribution in [1.29, 1.82) is 0 Å². The van der Waals surface area contributed by atoms with Gasteiger partial charge in [0.15, 0.2) is 0 Å². The van der Waals surface area contributed by atoms with Crippen LogP contribution in [0.5, 0.6) is 0 Å². The Morgan fingerprint density at radius 3 is 2.92 bits per heavy atom. The number of hydrogen-bond donors (Lipinski definition) is 0. The molecule has 0 fully saturated rings. The molecule has 0 aliphatic carbocycles. The van der Waals surface area contributed by atoms with Crippen LogP contribution in [-0.4, -0.2) is 12.6 Å². The zero-order chi connectivity index (χ0) is 8.97. The number of hydrogen-bond acceptors (Lipinski definition) is 3. The Hall–Kier alpha value is -1.25. The van der Waals surface area contributed by atoms with Crippen molar-refractivity contribution in [2.45, 2.75) is 20.3 Å². The maximum atomic E-state index is 11.0. The molecule has 3 heteroatoms. The van der Waals surface area contributed by atoms with Gasteiger partial charge in [0, 0.05) is 5.56 Å². The van der Waals surface area contributed by atoms with Gasteiger partial charge in [0.1, 0.15) is 5.76 Å². The van der Waals surface area contributed by atoms with Crippen molar-refractivity contribution in [2.24, 2.45) is 0 Å². The Bertz CT molecular complexity index is 262. The lowest BCUT2D eigenvalue weighted by Crippen LogP contribution is -2.06. The maximum Gasteiger partial charge on any atom is 0.310 e. The van der Waals surface area contributed by atoms with E-state index >= 15 is 0 Å². The molecule has 12 heavy (non-hydrogen) atoms. The molecule has 0 saturated heterocycles. The first kappa shape index (κ1) is 8.84. The number of ether oxygens (including phenoxy) is 1. The van der Waals surface area contributed by atoms with Crippen LogP contribution in [0.25, 0.3) is 0 Å². The van der Waals surface area contributed by atoms with Crippen LogP contribution in [0.4, 0.5) is 0 Å². The number of carbonyl (C=O) groups is 1. The average molecular weight is 168 g/mol. The van der Waals surface area contributed by atoms with Crippen LogP contribution in [0.2, 0.25) is 0 Å². The Morgan fingerprint density at radius 2 is 2.42 bits per heavy atom. The molecule has 0 spiro atoms. The summed E-state index contributed by atoms with van der Waals surface area (Å²) in [5.41, 5.74) is 0.867. The molecule has 3 nitrogen and oxygen atoms in total. The number of furan rings is 1. The second kappa shape index (κ2) is 3.95. The van der Waals surface area contributed by atoms with E-state index in [1.807, 2.05) is 13.0 Å². The lowest BCUT2D eigenvalue weighted by Gasteiger charge is -1.97. The molecule has 1 aromatic heterocycles. The van der Waals surface area contributed by atoms with Gasteiger partial charge in [-0.1, -0.05) is 0 Å². The molecule has 0 atom stereocenters. The van der Waals surface area contributed by atoms with Crippen molar-refractivity contribution in [3.8, 4) is 0 Å². The van der Waals surface area contributed by atoms with Gasteiger partial charge in [0.2, 0.25) is 0 Å². The van der Waals surface area contributed by atoms with E-state index in [1.165, 1.54) is 0 Å². The van der Waals surface area contributed by atoms with Crippen LogP contribution >= 0.6 is 0 Å². The van der Waals surface area contributed by atoms with Crippen LogP contribution in [0.1, 0.15) is 18.2 Å². The van der Waals surface area contributed by atoms with E-state index in [1.54, 1.807) is 13.2 Å². The molecule has 1 rings (SSSR count). The highest BCUT2D eigenvalue weighted by atomic mass is 16.5. The number of carbonyl (C=O) groups excluding carboxylic acids is 1. The topological polar surface area (TPSA) is 39.4 Å². The summed E-state index contributed by atoms with van der Waals surface area (Å²) in [5, 5.41) is 0. The summed E-state index contributed by atoms with van der Waals surface area (Å²) in [5.74, 6) is 0.604. The summed E-state index contributed by atoms with van der Waals surface area (Å²) in [7, 11) is 0. The van der Waals surface area contributed by atoms with Gasteiger partial charge in [0.05, 0.1) is 19.3 Å². The second-order valence-corrected chi connectivity index (χ2v) is 2.55. The molecule has 66 valence electrons. The minimum atomic E-state index is -0.210. The van der Waals surface area contributed by atoms with Gasteiger partial charge in [-0.05, 0) is 19.9 Å². The van der Waals surface area contributed by atoms with E-state index in [9.17, 15) is 4.79 Å². The second-order valence-electron chi connectivity index (χ2n) is 2.55. The zero-order valence-corrected chi connectivity index (χ0v) is 7.29. The third-order valence-electron chi connectivity index (χ3n) is 1.44. The SMILES string of the molecule is CCOC(=O)Cc1coc(C)c1. The van der Waals surface area contributed by atoms with Crippen molar-refractivity contribution in [2.75, 3.05) is 6.61 Å². The van der Waals surface area contributed by atoms with Crippen LogP contribution in [-0.2, 0) is 16.0 Å². The molecule has 1 heterocycles. The Morgan fingerprint density at radius 1 is 1.67 bits per heavy atom. The Labute approximate surface area is 71.3 Å². The van der Waals surface area contributed by atoms with Crippen LogP contribution in [0, 0.1) is 6.92 Å². The van der Waals surface area contributed by atoms with Crippen molar-refractivity contribution < 1.29 is 13.9 Å². The average Bonchev–Trinajstić information content (AvgIpc) is 2.36. The molecule has 0 radical (unpaired) electrons. The van der Waals surface area contributed by atoms with Crippen LogP contribution < -0.4 is 0 Å². The number of aryl methyl sites for hydroxylation is 1. The first-order valence-electron chi connectivity index (χ1n) is 3.92. The monoisotopic (exact) mass is 168 g/mol. The molecule has 0 aliphatic rings. The van der Waals surface area contributed by atoms with E-state index in [2.05, 4.69) is 0 Å².